The second-order valence-electron chi connectivity index (χ2n) is 11.8. The Kier molecular flexibility index (Phi) is 7.94. The quantitative estimate of drug-likeness (QED) is 0.217. The molecule has 0 bridgehead atoms. The summed E-state index contributed by atoms with van der Waals surface area (Å²) in [6.07, 6.45) is 11.1. The summed E-state index contributed by atoms with van der Waals surface area (Å²) in [6.45, 7) is 6.01. The first-order valence-corrected chi connectivity index (χ1v) is 14.8. The molecule has 2 saturated heterocycles. The fourth-order valence-electron chi connectivity index (χ4n) is 6.56. The standard InChI is InChI=1S/C33H36F2N4O3/c1-2-6-24-17-30(35)28(18-29(24)34)31-25(20-39(36-31)27-7-4-3-5-8-27)19-37-15-13-33(14-16-37)22-38(32(41)42-33)26-11-9-23(21-40)10-12-26/h2,9-12,17-18,20-21,27H,1,3-8,13-16,19,22H2. The summed E-state index contributed by atoms with van der Waals surface area (Å²) in [7, 11) is 0. The van der Waals surface area contributed by atoms with Crippen molar-refractivity contribution in [3.8, 4) is 11.3 Å². The molecule has 0 unspecified atom stereocenters. The number of benzene rings is 2. The molecule has 0 radical (unpaired) electrons. The maximum Gasteiger partial charge on any atom is 0.415 e. The monoisotopic (exact) mass is 574 g/mol. The molecule has 6 rings (SSSR count). The van der Waals surface area contributed by atoms with Crippen LogP contribution in [0.25, 0.3) is 11.3 Å². The number of likely N-dealkylation sites (tertiary alicyclic amines) is 1. The molecule has 2 aromatic carbocycles. The van der Waals surface area contributed by atoms with Crippen LogP contribution in [-0.4, -0.2) is 52.3 Å². The number of carbonyl (C=O) groups excluding carboxylic acids is 2. The van der Waals surface area contributed by atoms with Gasteiger partial charge in [-0.05, 0) is 61.2 Å². The molecule has 1 aliphatic carbocycles. The molecule has 0 atom stereocenters. The van der Waals surface area contributed by atoms with Gasteiger partial charge in [0.15, 0.2) is 0 Å². The lowest BCUT2D eigenvalue weighted by Crippen LogP contribution is -2.46. The van der Waals surface area contributed by atoms with E-state index in [1.807, 2.05) is 10.9 Å². The highest BCUT2D eigenvalue weighted by Crippen LogP contribution is 2.38. The smallest absolute Gasteiger partial charge is 0.415 e. The third-order valence-corrected chi connectivity index (χ3v) is 8.98. The maximum atomic E-state index is 15.4. The van der Waals surface area contributed by atoms with Crippen LogP contribution in [0.15, 0.2) is 55.3 Å². The summed E-state index contributed by atoms with van der Waals surface area (Å²) in [5, 5.41) is 4.85. The van der Waals surface area contributed by atoms with Gasteiger partial charge >= 0.3 is 6.09 Å². The molecule has 2 aliphatic heterocycles. The zero-order valence-electron chi connectivity index (χ0n) is 23.7. The second kappa shape index (κ2) is 11.8. The van der Waals surface area contributed by atoms with Gasteiger partial charge in [-0.1, -0.05) is 25.3 Å². The van der Waals surface area contributed by atoms with Gasteiger partial charge in [-0.3, -0.25) is 19.3 Å². The number of amides is 1. The third-order valence-electron chi connectivity index (χ3n) is 8.98. The zero-order chi connectivity index (χ0) is 29.3. The summed E-state index contributed by atoms with van der Waals surface area (Å²) in [5.41, 5.74) is 2.49. The van der Waals surface area contributed by atoms with Crippen LogP contribution in [0.1, 0.15) is 72.5 Å². The number of anilines is 1. The topological polar surface area (TPSA) is 67.7 Å². The predicted octanol–water partition coefficient (Wildman–Crippen LogP) is 6.87. The number of rotatable bonds is 8. The number of aromatic nitrogens is 2. The van der Waals surface area contributed by atoms with Gasteiger partial charge in [0.1, 0.15) is 23.5 Å². The lowest BCUT2D eigenvalue weighted by molar-refractivity contribution is -0.000948. The van der Waals surface area contributed by atoms with Gasteiger partial charge in [-0.2, -0.15) is 5.10 Å². The number of carbonyl (C=O) groups is 2. The van der Waals surface area contributed by atoms with Crippen molar-refractivity contribution >= 4 is 18.1 Å². The first-order valence-electron chi connectivity index (χ1n) is 14.8. The molecule has 9 heteroatoms. The predicted molar refractivity (Wildman–Crippen MR) is 157 cm³/mol. The molecule has 0 N–H and O–H groups in total. The fraction of sp³-hybridized carbons (Fsp3) is 0.424. The van der Waals surface area contributed by atoms with Gasteiger partial charge in [-0.25, -0.2) is 13.6 Å². The van der Waals surface area contributed by atoms with Crippen molar-refractivity contribution in [3.05, 3.63) is 83.6 Å². The maximum absolute atomic E-state index is 15.4. The van der Waals surface area contributed by atoms with Gasteiger partial charge in [0.05, 0.1) is 18.3 Å². The molecule has 220 valence electrons. The van der Waals surface area contributed by atoms with Crippen LogP contribution in [0.2, 0.25) is 0 Å². The van der Waals surface area contributed by atoms with E-state index in [4.69, 9.17) is 9.84 Å². The molecule has 3 aromatic rings. The van der Waals surface area contributed by atoms with Crippen LogP contribution in [0.3, 0.4) is 0 Å². The molecule has 1 spiro atoms. The lowest BCUT2D eigenvalue weighted by Gasteiger charge is -2.37. The highest BCUT2D eigenvalue weighted by molar-refractivity contribution is 5.91. The van der Waals surface area contributed by atoms with Gasteiger partial charge < -0.3 is 4.74 Å². The molecular weight excluding hydrogens is 538 g/mol. The highest BCUT2D eigenvalue weighted by atomic mass is 19.1. The molecular formula is C33H36F2N4O3. The van der Waals surface area contributed by atoms with Crippen LogP contribution >= 0.6 is 0 Å². The minimum absolute atomic E-state index is 0.180. The van der Waals surface area contributed by atoms with Crippen LogP contribution in [0, 0.1) is 11.6 Å². The molecule has 3 fully saturated rings. The highest BCUT2D eigenvalue weighted by Gasteiger charge is 2.47. The average molecular weight is 575 g/mol. The molecule has 1 saturated carbocycles. The van der Waals surface area contributed by atoms with Crippen LogP contribution in [0.5, 0.6) is 0 Å². The molecule has 42 heavy (non-hydrogen) atoms. The fourth-order valence-corrected chi connectivity index (χ4v) is 6.56. The van der Waals surface area contributed by atoms with Gasteiger partial charge in [-0.15, -0.1) is 6.58 Å². The van der Waals surface area contributed by atoms with E-state index in [0.717, 1.165) is 37.5 Å². The van der Waals surface area contributed by atoms with Crippen molar-refractivity contribution < 1.29 is 23.1 Å². The van der Waals surface area contributed by atoms with E-state index in [9.17, 15) is 14.0 Å². The van der Waals surface area contributed by atoms with Gasteiger partial charge in [0, 0.05) is 61.1 Å². The summed E-state index contributed by atoms with van der Waals surface area (Å²) in [6, 6.07) is 9.69. The molecule has 3 heterocycles. The summed E-state index contributed by atoms with van der Waals surface area (Å²) in [4.78, 5) is 27.7. The van der Waals surface area contributed by atoms with E-state index in [0.29, 0.717) is 56.0 Å². The van der Waals surface area contributed by atoms with E-state index in [1.54, 1.807) is 35.2 Å². The van der Waals surface area contributed by atoms with Crippen molar-refractivity contribution in [2.24, 2.45) is 0 Å². The van der Waals surface area contributed by atoms with Crippen molar-refractivity contribution in [1.29, 1.82) is 0 Å². The molecule has 3 aliphatic rings. The number of ether oxygens (including phenoxy) is 1. The number of piperidine rings is 1. The normalized spacial score (nSPS) is 19.3. The van der Waals surface area contributed by atoms with Crippen molar-refractivity contribution in [3.63, 3.8) is 0 Å². The Hall–Kier alpha value is -3.85. The number of hydrogen-bond donors (Lipinski definition) is 0. The van der Waals surface area contributed by atoms with E-state index in [1.165, 1.54) is 18.6 Å². The van der Waals surface area contributed by atoms with Crippen LogP contribution in [0.4, 0.5) is 19.3 Å². The zero-order valence-corrected chi connectivity index (χ0v) is 23.7. The minimum atomic E-state index is -0.581. The van der Waals surface area contributed by atoms with Crippen molar-refractivity contribution in [1.82, 2.24) is 14.7 Å². The SMILES string of the molecule is C=CCc1cc(F)c(-c2nn(C3CCCCC3)cc2CN2CCC3(CC2)CN(c2ccc(C=O)cc2)C(=O)O3)cc1F. The van der Waals surface area contributed by atoms with Crippen LogP contribution in [-0.2, 0) is 17.7 Å². The minimum Gasteiger partial charge on any atom is -0.441 e. The number of aldehydes is 1. The number of hydrogen-bond acceptors (Lipinski definition) is 5. The molecule has 1 amide bonds. The van der Waals surface area contributed by atoms with Gasteiger partial charge in [0.2, 0.25) is 0 Å². The second-order valence-corrected chi connectivity index (χ2v) is 11.8. The number of halogens is 2. The Balaban J connectivity index is 1.20. The summed E-state index contributed by atoms with van der Waals surface area (Å²) >= 11 is 0. The first kappa shape index (κ1) is 28.3. The summed E-state index contributed by atoms with van der Waals surface area (Å²) in [5.74, 6) is -0.946. The Morgan fingerprint density at radius 1 is 1.02 bits per heavy atom. The molecule has 1 aromatic heterocycles. The number of nitrogens with zero attached hydrogens (tertiary/aromatic N) is 4. The van der Waals surface area contributed by atoms with E-state index >= 15 is 4.39 Å². The Morgan fingerprint density at radius 3 is 2.45 bits per heavy atom. The third kappa shape index (κ3) is 5.62. The van der Waals surface area contributed by atoms with E-state index in [2.05, 4.69) is 11.5 Å². The number of allylic oxidation sites excluding steroid dienone is 1. The average Bonchev–Trinajstić information content (AvgIpc) is 3.57. The Morgan fingerprint density at radius 2 is 1.76 bits per heavy atom. The van der Waals surface area contributed by atoms with Crippen LogP contribution < -0.4 is 4.90 Å². The Bertz CT molecular complexity index is 1470. The van der Waals surface area contributed by atoms with E-state index < -0.39 is 17.2 Å². The summed E-state index contributed by atoms with van der Waals surface area (Å²) < 4.78 is 38.2. The first-order chi connectivity index (χ1) is 20.4. The molecule has 7 nitrogen and oxygen atoms in total. The largest absolute Gasteiger partial charge is 0.441 e. The van der Waals surface area contributed by atoms with Crippen molar-refractivity contribution in [2.75, 3.05) is 24.5 Å². The Labute approximate surface area is 244 Å². The van der Waals surface area contributed by atoms with Crippen molar-refractivity contribution in [2.45, 2.75) is 69.6 Å². The lowest BCUT2D eigenvalue weighted by atomic mass is 9.91. The van der Waals surface area contributed by atoms with Gasteiger partial charge in [0.25, 0.3) is 0 Å². The van der Waals surface area contributed by atoms with E-state index in [-0.39, 0.29) is 29.7 Å².